The highest BCUT2D eigenvalue weighted by molar-refractivity contribution is 7.92. The van der Waals surface area contributed by atoms with Crippen LogP contribution in [0.1, 0.15) is 5.56 Å². The Morgan fingerprint density at radius 1 is 1.54 bits per heavy atom. The fraction of sp³-hybridized carbons (Fsp3) is 0.286. The lowest BCUT2D eigenvalue weighted by atomic mass is 10.3. The molecule has 0 bridgehead atoms. The summed E-state index contributed by atoms with van der Waals surface area (Å²) in [5.74, 6) is 0.174. The van der Waals surface area contributed by atoms with Crippen LogP contribution in [0.25, 0.3) is 0 Å². The molecule has 72 valence electrons. The van der Waals surface area contributed by atoms with E-state index in [4.69, 9.17) is 5.73 Å². The van der Waals surface area contributed by atoms with E-state index in [2.05, 4.69) is 9.71 Å². The van der Waals surface area contributed by atoms with E-state index in [0.717, 1.165) is 11.8 Å². The number of nitrogens with zero attached hydrogens (tertiary/aromatic N) is 1. The number of rotatable bonds is 2. The summed E-state index contributed by atoms with van der Waals surface area (Å²) < 4.78 is 23.9. The van der Waals surface area contributed by atoms with E-state index in [1.165, 1.54) is 0 Å². The number of hydrogen-bond acceptors (Lipinski definition) is 4. The molecule has 0 atom stereocenters. The van der Waals surface area contributed by atoms with Gasteiger partial charge in [-0.1, -0.05) is 0 Å². The second-order valence-corrected chi connectivity index (χ2v) is 4.57. The third-order valence-corrected chi connectivity index (χ3v) is 1.90. The van der Waals surface area contributed by atoms with Gasteiger partial charge in [0.25, 0.3) is 0 Å². The van der Waals surface area contributed by atoms with Crippen LogP contribution < -0.4 is 10.5 Å². The van der Waals surface area contributed by atoms with E-state index < -0.39 is 10.0 Å². The molecule has 0 unspecified atom stereocenters. The summed E-state index contributed by atoms with van der Waals surface area (Å²) in [4.78, 5) is 3.85. The monoisotopic (exact) mass is 201 g/mol. The van der Waals surface area contributed by atoms with Crippen LogP contribution in [-0.4, -0.2) is 19.7 Å². The normalized spacial score (nSPS) is 11.2. The smallest absolute Gasteiger partial charge is 0.231 e. The largest absolute Gasteiger partial charge is 0.396 e. The first-order valence-electron chi connectivity index (χ1n) is 3.58. The van der Waals surface area contributed by atoms with Crippen LogP contribution in [0.3, 0.4) is 0 Å². The molecule has 1 heterocycles. The molecule has 3 N–H and O–H groups in total. The summed E-state index contributed by atoms with van der Waals surface area (Å²) in [5, 5.41) is 0. The molecule has 0 saturated carbocycles. The lowest BCUT2D eigenvalue weighted by Gasteiger charge is -2.05. The molecule has 5 nitrogen and oxygen atoms in total. The van der Waals surface area contributed by atoms with Crippen LogP contribution in [0, 0.1) is 6.92 Å². The molecule has 0 radical (unpaired) electrons. The zero-order valence-corrected chi connectivity index (χ0v) is 8.22. The first kappa shape index (κ1) is 9.79. The number of nitrogen functional groups attached to an aromatic ring is 1. The number of aromatic nitrogens is 1. The van der Waals surface area contributed by atoms with Crippen LogP contribution in [0.2, 0.25) is 0 Å². The average molecular weight is 201 g/mol. The van der Waals surface area contributed by atoms with Gasteiger partial charge in [-0.05, 0) is 18.6 Å². The predicted octanol–water partition coefficient (Wildman–Crippen LogP) is 0.344. The van der Waals surface area contributed by atoms with Crippen molar-refractivity contribution >= 4 is 21.5 Å². The first-order chi connectivity index (χ1) is 5.88. The molecule has 1 aromatic heterocycles. The van der Waals surface area contributed by atoms with Gasteiger partial charge < -0.3 is 5.73 Å². The second kappa shape index (κ2) is 3.21. The van der Waals surface area contributed by atoms with Crippen molar-refractivity contribution in [2.24, 2.45) is 0 Å². The molecular formula is C7H11N3O2S. The van der Waals surface area contributed by atoms with E-state index in [9.17, 15) is 8.42 Å². The topological polar surface area (TPSA) is 85.1 Å². The van der Waals surface area contributed by atoms with Gasteiger partial charge in [0.1, 0.15) is 0 Å². The maximum absolute atomic E-state index is 10.8. The Kier molecular flexibility index (Phi) is 2.42. The van der Waals surface area contributed by atoms with E-state index in [-0.39, 0.29) is 5.82 Å². The Morgan fingerprint density at radius 2 is 2.15 bits per heavy atom. The van der Waals surface area contributed by atoms with Gasteiger partial charge in [-0.15, -0.1) is 0 Å². The Bertz CT molecular complexity index is 414. The number of hydrogen-bond donors (Lipinski definition) is 2. The molecule has 0 aliphatic carbocycles. The molecule has 0 amide bonds. The molecular weight excluding hydrogens is 190 g/mol. The Balaban J connectivity index is 3.04. The summed E-state index contributed by atoms with van der Waals surface area (Å²) in [5.41, 5.74) is 6.75. The minimum absolute atomic E-state index is 0.174. The van der Waals surface area contributed by atoms with Gasteiger partial charge in [0.05, 0.1) is 11.9 Å². The number of aryl methyl sites for hydroxylation is 1. The highest BCUT2D eigenvalue weighted by Gasteiger charge is 2.06. The van der Waals surface area contributed by atoms with Crippen molar-refractivity contribution in [3.8, 4) is 0 Å². The number of pyridine rings is 1. The summed E-state index contributed by atoms with van der Waals surface area (Å²) >= 11 is 0. The number of anilines is 2. The zero-order valence-electron chi connectivity index (χ0n) is 7.40. The third kappa shape index (κ3) is 2.90. The maximum atomic E-state index is 10.8. The minimum atomic E-state index is -3.31. The Morgan fingerprint density at radius 3 is 2.62 bits per heavy atom. The lowest BCUT2D eigenvalue weighted by Crippen LogP contribution is -2.12. The Hall–Kier alpha value is -1.30. The molecule has 0 aromatic carbocycles. The molecule has 0 fully saturated rings. The van der Waals surface area contributed by atoms with Crippen molar-refractivity contribution < 1.29 is 8.42 Å². The highest BCUT2D eigenvalue weighted by Crippen LogP contribution is 2.16. The molecule has 0 saturated heterocycles. The standard InChI is InChI=1S/C7H11N3O2S/c1-5-3-6(8)7(9-4-5)10-13(2,11)12/h3-4H,8H2,1-2H3,(H,9,10). The van der Waals surface area contributed by atoms with Crippen molar-refractivity contribution in [3.05, 3.63) is 17.8 Å². The molecule has 6 heteroatoms. The van der Waals surface area contributed by atoms with Gasteiger partial charge in [0, 0.05) is 6.20 Å². The van der Waals surface area contributed by atoms with Crippen LogP contribution in [0.5, 0.6) is 0 Å². The van der Waals surface area contributed by atoms with Crippen molar-refractivity contribution in [1.82, 2.24) is 4.98 Å². The van der Waals surface area contributed by atoms with E-state index in [1.54, 1.807) is 12.3 Å². The lowest BCUT2D eigenvalue weighted by molar-refractivity contribution is 0.606. The highest BCUT2D eigenvalue weighted by atomic mass is 32.2. The maximum Gasteiger partial charge on any atom is 0.231 e. The van der Waals surface area contributed by atoms with Gasteiger partial charge >= 0.3 is 0 Å². The quantitative estimate of drug-likeness (QED) is 0.722. The van der Waals surface area contributed by atoms with Crippen molar-refractivity contribution in [1.29, 1.82) is 0 Å². The minimum Gasteiger partial charge on any atom is -0.396 e. The van der Waals surface area contributed by atoms with E-state index in [0.29, 0.717) is 5.69 Å². The third-order valence-electron chi connectivity index (χ3n) is 1.34. The summed E-state index contributed by atoms with van der Waals surface area (Å²) in [6, 6.07) is 1.65. The second-order valence-electron chi connectivity index (χ2n) is 2.82. The van der Waals surface area contributed by atoms with Gasteiger partial charge in [-0.25, -0.2) is 13.4 Å². The number of sulfonamides is 1. The van der Waals surface area contributed by atoms with Crippen molar-refractivity contribution in [2.75, 3.05) is 16.7 Å². The van der Waals surface area contributed by atoms with E-state index in [1.807, 2.05) is 6.92 Å². The van der Waals surface area contributed by atoms with Gasteiger partial charge in [-0.2, -0.15) is 0 Å². The average Bonchev–Trinajstić information content (AvgIpc) is 1.93. The van der Waals surface area contributed by atoms with Crippen molar-refractivity contribution in [2.45, 2.75) is 6.92 Å². The zero-order chi connectivity index (χ0) is 10.1. The van der Waals surface area contributed by atoms with Crippen LogP contribution in [0.4, 0.5) is 11.5 Å². The van der Waals surface area contributed by atoms with Crippen LogP contribution in [0.15, 0.2) is 12.3 Å². The molecule has 0 aliphatic rings. The molecule has 1 aromatic rings. The molecule has 0 aliphatic heterocycles. The SMILES string of the molecule is Cc1cnc(NS(C)(=O)=O)c(N)c1. The molecule has 1 rings (SSSR count). The van der Waals surface area contributed by atoms with Gasteiger partial charge in [0.15, 0.2) is 5.82 Å². The first-order valence-corrected chi connectivity index (χ1v) is 5.47. The van der Waals surface area contributed by atoms with E-state index >= 15 is 0 Å². The number of nitrogens with two attached hydrogens (primary N) is 1. The van der Waals surface area contributed by atoms with Crippen LogP contribution in [-0.2, 0) is 10.0 Å². The number of nitrogens with one attached hydrogen (secondary N) is 1. The van der Waals surface area contributed by atoms with Crippen molar-refractivity contribution in [3.63, 3.8) is 0 Å². The predicted molar refractivity (Wildman–Crippen MR) is 51.9 cm³/mol. The summed E-state index contributed by atoms with van der Waals surface area (Å²) in [6.45, 7) is 1.83. The Labute approximate surface area is 77.0 Å². The fourth-order valence-corrected chi connectivity index (χ4v) is 1.37. The molecule has 0 spiro atoms. The summed E-state index contributed by atoms with van der Waals surface area (Å²) in [6.07, 6.45) is 2.60. The van der Waals surface area contributed by atoms with Gasteiger partial charge in [0.2, 0.25) is 10.0 Å². The fourth-order valence-electron chi connectivity index (χ4n) is 0.853. The van der Waals surface area contributed by atoms with Gasteiger partial charge in [-0.3, -0.25) is 4.72 Å². The molecule has 13 heavy (non-hydrogen) atoms. The summed E-state index contributed by atoms with van der Waals surface area (Å²) in [7, 11) is -3.31. The van der Waals surface area contributed by atoms with Crippen LogP contribution >= 0.6 is 0 Å².